The largest absolute Gasteiger partial charge is 0.480 e. The molecule has 0 bridgehead atoms. The number of carbonyl (C=O) groups is 1. The maximum atomic E-state index is 13.4. The fraction of sp³-hybridized carbons (Fsp3) is 0.400. The SMILES string of the molecule is NC(C(=O)O)C1(c2ncccc2F)CC1. The summed E-state index contributed by atoms with van der Waals surface area (Å²) in [7, 11) is 0. The van der Waals surface area contributed by atoms with E-state index in [1.807, 2.05) is 0 Å². The van der Waals surface area contributed by atoms with Crippen molar-refractivity contribution in [1.29, 1.82) is 0 Å². The Labute approximate surface area is 85.9 Å². The average Bonchev–Trinajstić information content (AvgIpc) is 2.98. The van der Waals surface area contributed by atoms with Crippen molar-refractivity contribution in [2.24, 2.45) is 5.73 Å². The van der Waals surface area contributed by atoms with Crippen LogP contribution in [-0.2, 0) is 10.2 Å². The van der Waals surface area contributed by atoms with Crippen LogP contribution in [0, 0.1) is 5.82 Å². The van der Waals surface area contributed by atoms with Gasteiger partial charge < -0.3 is 10.8 Å². The maximum absolute atomic E-state index is 13.4. The highest BCUT2D eigenvalue weighted by atomic mass is 19.1. The maximum Gasteiger partial charge on any atom is 0.321 e. The standard InChI is InChI=1S/C10H11FN2O2/c11-6-2-1-5-13-8(6)10(3-4-10)7(12)9(14)15/h1-2,5,7H,3-4,12H2,(H,14,15). The predicted octanol–water partition coefficient (Wildman–Crippen LogP) is 0.664. The van der Waals surface area contributed by atoms with Gasteiger partial charge in [0.1, 0.15) is 11.9 Å². The Morgan fingerprint density at radius 1 is 1.67 bits per heavy atom. The van der Waals surface area contributed by atoms with Gasteiger partial charge in [-0.3, -0.25) is 9.78 Å². The van der Waals surface area contributed by atoms with E-state index in [1.54, 1.807) is 0 Å². The highest BCUT2D eigenvalue weighted by Gasteiger charge is 2.54. The van der Waals surface area contributed by atoms with Crippen molar-refractivity contribution >= 4 is 5.97 Å². The number of carboxylic acids is 1. The number of aromatic nitrogens is 1. The van der Waals surface area contributed by atoms with E-state index in [9.17, 15) is 9.18 Å². The third-order valence-electron chi connectivity index (χ3n) is 2.88. The van der Waals surface area contributed by atoms with Gasteiger partial charge in [-0.2, -0.15) is 0 Å². The highest BCUT2D eigenvalue weighted by Crippen LogP contribution is 2.50. The Bertz CT molecular complexity index is 404. The summed E-state index contributed by atoms with van der Waals surface area (Å²) in [5, 5.41) is 8.83. The van der Waals surface area contributed by atoms with Crippen molar-refractivity contribution in [2.45, 2.75) is 24.3 Å². The first kappa shape index (κ1) is 10.0. The minimum absolute atomic E-state index is 0.180. The minimum atomic E-state index is -1.11. The first-order valence-corrected chi connectivity index (χ1v) is 4.67. The first-order chi connectivity index (χ1) is 7.08. The number of carboxylic acid groups (broad SMARTS) is 1. The van der Waals surface area contributed by atoms with Crippen molar-refractivity contribution in [1.82, 2.24) is 4.98 Å². The van der Waals surface area contributed by atoms with Gasteiger partial charge in [0.15, 0.2) is 0 Å². The third-order valence-corrected chi connectivity index (χ3v) is 2.88. The molecule has 0 aliphatic heterocycles. The summed E-state index contributed by atoms with van der Waals surface area (Å²) in [4.78, 5) is 14.7. The molecule has 4 nitrogen and oxygen atoms in total. The summed E-state index contributed by atoms with van der Waals surface area (Å²) in [5.74, 6) is -1.59. The quantitative estimate of drug-likeness (QED) is 0.768. The number of aliphatic carboxylic acids is 1. The lowest BCUT2D eigenvalue weighted by atomic mass is 9.92. The van der Waals surface area contributed by atoms with Crippen LogP contribution in [0.25, 0.3) is 0 Å². The topological polar surface area (TPSA) is 76.2 Å². The average molecular weight is 210 g/mol. The van der Waals surface area contributed by atoms with Gasteiger partial charge in [-0.25, -0.2) is 4.39 Å². The van der Waals surface area contributed by atoms with Crippen LogP contribution in [0.15, 0.2) is 18.3 Å². The van der Waals surface area contributed by atoms with E-state index in [0.717, 1.165) is 0 Å². The van der Waals surface area contributed by atoms with Crippen LogP contribution in [0.4, 0.5) is 4.39 Å². The molecule has 5 heteroatoms. The molecule has 0 saturated heterocycles. The summed E-state index contributed by atoms with van der Waals surface area (Å²) >= 11 is 0. The molecule has 1 aromatic heterocycles. The number of rotatable bonds is 3. The molecule has 1 fully saturated rings. The van der Waals surface area contributed by atoms with Crippen LogP contribution in [0.5, 0.6) is 0 Å². The van der Waals surface area contributed by atoms with E-state index in [4.69, 9.17) is 10.8 Å². The Hall–Kier alpha value is -1.49. The third kappa shape index (κ3) is 1.48. The minimum Gasteiger partial charge on any atom is -0.480 e. The zero-order valence-corrected chi connectivity index (χ0v) is 7.98. The van der Waals surface area contributed by atoms with Gasteiger partial charge in [0.05, 0.1) is 5.69 Å². The van der Waals surface area contributed by atoms with Gasteiger partial charge in [-0.05, 0) is 25.0 Å². The van der Waals surface area contributed by atoms with Gasteiger partial charge in [0.2, 0.25) is 0 Å². The Kier molecular flexibility index (Phi) is 2.19. The molecule has 3 N–H and O–H groups in total. The highest BCUT2D eigenvalue weighted by molar-refractivity contribution is 5.76. The van der Waals surface area contributed by atoms with E-state index in [2.05, 4.69) is 4.98 Å². The van der Waals surface area contributed by atoms with Crippen molar-refractivity contribution < 1.29 is 14.3 Å². The van der Waals surface area contributed by atoms with Crippen molar-refractivity contribution in [3.8, 4) is 0 Å². The van der Waals surface area contributed by atoms with E-state index >= 15 is 0 Å². The number of nitrogens with zero attached hydrogens (tertiary/aromatic N) is 1. The molecule has 0 spiro atoms. The van der Waals surface area contributed by atoms with Gasteiger partial charge in [0, 0.05) is 11.6 Å². The molecule has 1 aliphatic rings. The smallest absolute Gasteiger partial charge is 0.321 e. The van der Waals surface area contributed by atoms with Crippen LogP contribution in [0.1, 0.15) is 18.5 Å². The fourth-order valence-corrected chi connectivity index (χ4v) is 1.82. The van der Waals surface area contributed by atoms with Crippen molar-refractivity contribution in [3.63, 3.8) is 0 Å². The van der Waals surface area contributed by atoms with Crippen LogP contribution in [0.3, 0.4) is 0 Å². The Balaban J connectivity index is 2.39. The normalized spacial score (nSPS) is 19.6. The molecule has 0 amide bonds. The van der Waals surface area contributed by atoms with Crippen LogP contribution in [-0.4, -0.2) is 22.1 Å². The molecule has 1 saturated carbocycles. The van der Waals surface area contributed by atoms with Crippen molar-refractivity contribution in [3.05, 3.63) is 29.8 Å². The fourth-order valence-electron chi connectivity index (χ4n) is 1.82. The lowest BCUT2D eigenvalue weighted by molar-refractivity contribution is -0.139. The summed E-state index contributed by atoms with van der Waals surface area (Å²) in [5.41, 5.74) is 4.94. The molecule has 1 aromatic rings. The molecule has 1 heterocycles. The molecule has 1 atom stereocenters. The molecule has 0 aromatic carbocycles. The van der Waals surface area contributed by atoms with Crippen LogP contribution in [0.2, 0.25) is 0 Å². The molecule has 80 valence electrons. The number of pyridine rings is 1. The second kappa shape index (κ2) is 3.27. The summed E-state index contributed by atoms with van der Waals surface area (Å²) in [6, 6.07) is 1.67. The number of hydrogen-bond acceptors (Lipinski definition) is 3. The Morgan fingerprint density at radius 3 is 2.80 bits per heavy atom. The summed E-state index contributed by atoms with van der Waals surface area (Å²) < 4.78 is 13.4. The summed E-state index contributed by atoms with van der Waals surface area (Å²) in [6.45, 7) is 0. The molecule has 0 radical (unpaired) electrons. The lowest BCUT2D eigenvalue weighted by Gasteiger charge is -2.19. The second-order valence-corrected chi connectivity index (χ2v) is 3.81. The van der Waals surface area contributed by atoms with Crippen molar-refractivity contribution in [2.75, 3.05) is 0 Å². The first-order valence-electron chi connectivity index (χ1n) is 4.67. The van der Waals surface area contributed by atoms with E-state index in [0.29, 0.717) is 12.8 Å². The molecular formula is C10H11FN2O2. The Morgan fingerprint density at radius 2 is 2.33 bits per heavy atom. The van der Waals surface area contributed by atoms with Crippen LogP contribution >= 0.6 is 0 Å². The number of nitrogens with two attached hydrogens (primary N) is 1. The van der Waals surface area contributed by atoms with E-state index in [-0.39, 0.29) is 5.69 Å². The van der Waals surface area contributed by atoms with Gasteiger partial charge in [0.25, 0.3) is 0 Å². The number of hydrogen-bond donors (Lipinski definition) is 2. The van der Waals surface area contributed by atoms with Crippen LogP contribution < -0.4 is 5.73 Å². The molecule has 1 aliphatic carbocycles. The second-order valence-electron chi connectivity index (χ2n) is 3.81. The molecule has 15 heavy (non-hydrogen) atoms. The number of halogens is 1. The summed E-state index contributed by atoms with van der Waals surface area (Å²) in [6.07, 6.45) is 2.61. The monoisotopic (exact) mass is 210 g/mol. The van der Waals surface area contributed by atoms with Gasteiger partial charge >= 0.3 is 5.97 Å². The lowest BCUT2D eigenvalue weighted by Crippen LogP contribution is -2.42. The van der Waals surface area contributed by atoms with Gasteiger partial charge in [-0.15, -0.1) is 0 Å². The zero-order valence-electron chi connectivity index (χ0n) is 7.98. The predicted molar refractivity (Wildman–Crippen MR) is 50.7 cm³/mol. The van der Waals surface area contributed by atoms with Gasteiger partial charge in [-0.1, -0.05) is 0 Å². The molecular weight excluding hydrogens is 199 g/mol. The molecule has 2 rings (SSSR count). The zero-order chi connectivity index (χ0) is 11.1. The van der Waals surface area contributed by atoms with E-state index < -0.39 is 23.2 Å². The van der Waals surface area contributed by atoms with E-state index in [1.165, 1.54) is 18.3 Å². The molecule has 1 unspecified atom stereocenters.